The van der Waals surface area contributed by atoms with E-state index in [-0.39, 0.29) is 17.4 Å². The quantitative estimate of drug-likeness (QED) is 0.516. The highest BCUT2D eigenvalue weighted by atomic mass is 32.1. The van der Waals surface area contributed by atoms with Crippen molar-refractivity contribution in [3.63, 3.8) is 0 Å². The summed E-state index contributed by atoms with van der Waals surface area (Å²) in [6.07, 6.45) is 1.76. The highest BCUT2D eigenvalue weighted by Gasteiger charge is 2.35. The van der Waals surface area contributed by atoms with Gasteiger partial charge in [-0.3, -0.25) is 4.90 Å². The monoisotopic (exact) mass is 369 g/mol. The summed E-state index contributed by atoms with van der Waals surface area (Å²) in [5.41, 5.74) is 2.36. The van der Waals surface area contributed by atoms with Crippen molar-refractivity contribution in [2.45, 2.75) is 18.7 Å². The van der Waals surface area contributed by atoms with Gasteiger partial charge in [0.1, 0.15) is 12.4 Å². The van der Waals surface area contributed by atoms with Gasteiger partial charge in [-0.05, 0) is 23.3 Å². The third-order valence-corrected chi connectivity index (χ3v) is 4.62. The minimum atomic E-state index is -0.150. The Morgan fingerprint density at radius 3 is 2.54 bits per heavy atom. The lowest BCUT2D eigenvalue weighted by Crippen LogP contribution is -2.37. The summed E-state index contributed by atoms with van der Waals surface area (Å²) in [6.45, 7) is 5.85. The van der Waals surface area contributed by atoms with Crippen LogP contribution in [0.5, 0.6) is 5.75 Å². The number of methoxy groups -OCH3 is 1. The lowest BCUT2D eigenvalue weighted by atomic mass is 9.99. The molecule has 0 aromatic heterocycles. The molecule has 2 aromatic rings. The molecule has 0 spiro atoms. The number of thiocarbonyl (C=S) groups is 1. The molecule has 1 aliphatic heterocycles. The van der Waals surface area contributed by atoms with Crippen LogP contribution >= 0.6 is 12.2 Å². The molecular formula is C21H23NO3S. The first-order valence-electron chi connectivity index (χ1n) is 8.57. The maximum absolute atomic E-state index is 5.79. The van der Waals surface area contributed by atoms with Crippen LogP contribution < -0.4 is 4.74 Å². The number of ether oxygens (including phenoxy) is 3. The normalized spacial score (nSPS) is 17.5. The second-order valence-electron chi connectivity index (χ2n) is 6.14. The Hall–Kier alpha value is -2.37. The Kier molecular flexibility index (Phi) is 6.26. The molecule has 1 saturated heterocycles. The Bertz CT molecular complexity index is 733. The summed E-state index contributed by atoms with van der Waals surface area (Å²) in [5, 5.41) is 0.221. The maximum atomic E-state index is 5.79. The third-order valence-electron chi connectivity index (χ3n) is 4.41. The van der Waals surface area contributed by atoms with Gasteiger partial charge in [-0.2, -0.15) is 0 Å². The molecule has 26 heavy (non-hydrogen) atoms. The molecule has 4 nitrogen and oxygen atoms in total. The van der Waals surface area contributed by atoms with Gasteiger partial charge < -0.3 is 14.2 Å². The SMILES string of the molecule is C=CCN(Cc1ccc(OC)cc1)[C@H](c1ccccc1)[C@@H]1COC(=S)O1. The zero-order valence-corrected chi connectivity index (χ0v) is 15.7. The molecule has 0 unspecified atom stereocenters. The predicted octanol–water partition coefficient (Wildman–Crippen LogP) is 4.12. The van der Waals surface area contributed by atoms with Gasteiger partial charge in [-0.1, -0.05) is 48.5 Å². The molecule has 0 saturated carbocycles. The van der Waals surface area contributed by atoms with Crippen LogP contribution in [0.4, 0.5) is 0 Å². The minimum absolute atomic E-state index is 0.0109. The molecule has 0 amide bonds. The Labute approximate surface area is 160 Å². The van der Waals surface area contributed by atoms with Crippen molar-refractivity contribution in [3.05, 3.63) is 78.4 Å². The molecule has 0 aliphatic carbocycles. The fraction of sp³-hybridized carbons (Fsp3) is 0.286. The first-order chi connectivity index (χ1) is 12.7. The number of nitrogens with zero attached hydrogens (tertiary/aromatic N) is 1. The first kappa shape index (κ1) is 18.4. The summed E-state index contributed by atoms with van der Waals surface area (Å²) >= 11 is 5.08. The van der Waals surface area contributed by atoms with E-state index in [1.807, 2.05) is 36.4 Å². The molecule has 0 radical (unpaired) electrons. The molecule has 2 aromatic carbocycles. The maximum Gasteiger partial charge on any atom is 0.352 e. The van der Waals surface area contributed by atoms with Gasteiger partial charge in [-0.15, -0.1) is 6.58 Å². The fourth-order valence-electron chi connectivity index (χ4n) is 3.22. The lowest BCUT2D eigenvalue weighted by Gasteiger charge is -2.33. The second-order valence-corrected chi connectivity index (χ2v) is 6.47. The van der Waals surface area contributed by atoms with Crippen LogP contribution in [0.25, 0.3) is 0 Å². The summed E-state index contributed by atoms with van der Waals surface area (Å²) in [6, 6.07) is 18.4. The van der Waals surface area contributed by atoms with Crippen LogP contribution in [0.15, 0.2) is 67.3 Å². The largest absolute Gasteiger partial charge is 0.497 e. The second kappa shape index (κ2) is 8.83. The summed E-state index contributed by atoms with van der Waals surface area (Å²) < 4.78 is 16.5. The number of hydrogen-bond acceptors (Lipinski definition) is 5. The standard InChI is InChI=1S/C21H23NO3S/c1-3-13-22(14-16-9-11-18(23-2)12-10-16)20(17-7-5-4-6-8-17)19-15-24-21(26)25-19/h3-12,19-20H,1,13-15H2,2H3/t19-,20+/m0/s1. The van der Waals surface area contributed by atoms with Crippen molar-refractivity contribution in [2.24, 2.45) is 0 Å². The smallest absolute Gasteiger partial charge is 0.352 e. The summed E-state index contributed by atoms with van der Waals surface area (Å²) in [7, 11) is 1.67. The van der Waals surface area contributed by atoms with E-state index in [4.69, 9.17) is 26.4 Å². The number of hydrogen-bond donors (Lipinski definition) is 0. The summed E-state index contributed by atoms with van der Waals surface area (Å²) in [5.74, 6) is 0.849. The van der Waals surface area contributed by atoms with Crippen molar-refractivity contribution < 1.29 is 14.2 Å². The van der Waals surface area contributed by atoms with Gasteiger partial charge in [0, 0.05) is 25.3 Å². The molecule has 5 heteroatoms. The molecule has 3 rings (SSSR count). The van der Waals surface area contributed by atoms with E-state index in [1.54, 1.807) is 7.11 Å². The van der Waals surface area contributed by atoms with Gasteiger partial charge in [-0.25, -0.2) is 0 Å². The molecular weight excluding hydrogens is 346 g/mol. The zero-order valence-electron chi connectivity index (χ0n) is 14.8. The minimum Gasteiger partial charge on any atom is -0.497 e. The van der Waals surface area contributed by atoms with E-state index in [0.29, 0.717) is 6.61 Å². The van der Waals surface area contributed by atoms with Crippen molar-refractivity contribution >= 4 is 17.5 Å². The van der Waals surface area contributed by atoms with Crippen molar-refractivity contribution in [1.82, 2.24) is 4.90 Å². The van der Waals surface area contributed by atoms with Crippen LogP contribution in [0.2, 0.25) is 0 Å². The van der Waals surface area contributed by atoms with Crippen LogP contribution in [-0.4, -0.2) is 36.5 Å². The van der Waals surface area contributed by atoms with E-state index >= 15 is 0 Å². The van der Waals surface area contributed by atoms with Crippen LogP contribution in [0, 0.1) is 0 Å². The first-order valence-corrected chi connectivity index (χ1v) is 8.98. The van der Waals surface area contributed by atoms with Crippen molar-refractivity contribution in [3.8, 4) is 5.75 Å². The van der Waals surface area contributed by atoms with E-state index < -0.39 is 0 Å². The van der Waals surface area contributed by atoms with E-state index in [9.17, 15) is 0 Å². The molecule has 0 bridgehead atoms. The molecule has 136 valence electrons. The molecule has 0 N–H and O–H groups in total. The molecule has 1 heterocycles. The van der Waals surface area contributed by atoms with E-state index in [0.717, 1.165) is 18.8 Å². The van der Waals surface area contributed by atoms with Crippen LogP contribution in [0.1, 0.15) is 17.2 Å². The van der Waals surface area contributed by atoms with Crippen LogP contribution in [-0.2, 0) is 16.0 Å². The Morgan fingerprint density at radius 2 is 1.96 bits per heavy atom. The van der Waals surface area contributed by atoms with Gasteiger partial charge >= 0.3 is 5.24 Å². The molecule has 1 fully saturated rings. The number of rotatable bonds is 8. The number of benzene rings is 2. The average Bonchev–Trinajstić information content (AvgIpc) is 3.09. The fourth-order valence-corrected chi connectivity index (χ4v) is 3.41. The van der Waals surface area contributed by atoms with Gasteiger partial charge in [0.15, 0.2) is 6.10 Å². The van der Waals surface area contributed by atoms with Crippen molar-refractivity contribution in [2.75, 3.05) is 20.3 Å². The highest BCUT2D eigenvalue weighted by molar-refractivity contribution is 7.79. The van der Waals surface area contributed by atoms with Gasteiger partial charge in [0.25, 0.3) is 0 Å². The highest BCUT2D eigenvalue weighted by Crippen LogP contribution is 2.31. The molecule has 1 aliphatic rings. The third kappa shape index (κ3) is 4.42. The van der Waals surface area contributed by atoms with Gasteiger partial charge in [0.05, 0.1) is 13.2 Å². The lowest BCUT2D eigenvalue weighted by molar-refractivity contribution is 0.0788. The Balaban J connectivity index is 1.88. The van der Waals surface area contributed by atoms with E-state index in [1.165, 1.54) is 11.1 Å². The zero-order chi connectivity index (χ0) is 18.4. The summed E-state index contributed by atoms with van der Waals surface area (Å²) in [4.78, 5) is 2.33. The predicted molar refractivity (Wildman–Crippen MR) is 106 cm³/mol. The topological polar surface area (TPSA) is 30.9 Å². The van der Waals surface area contributed by atoms with Crippen LogP contribution in [0.3, 0.4) is 0 Å². The van der Waals surface area contributed by atoms with Crippen molar-refractivity contribution in [1.29, 1.82) is 0 Å². The Morgan fingerprint density at radius 1 is 1.23 bits per heavy atom. The van der Waals surface area contributed by atoms with E-state index in [2.05, 4.69) is 35.7 Å². The van der Waals surface area contributed by atoms with Gasteiger partial charge in [0.2, 0.25) is 0 Å². The molecule has 2 atom stereocenters. The average molecular weight is 369 g/mol.